The zero-order valence-electron chi connectivity index (χ0n) is 11.3. The van der Waals surface area contributed by atoms with Gasteiger partial charge in [-0.2, -0.15) is 0 Å². The second-order valence-corrected chi connectivity index (χ2v) is 4.22. The van der Waals surface area contributed by atoms with Crippen LogP contribution in [0.3, 0.4) is 0 Å². The molecule has 0 aliphatic carbocycles. The SMILES string of the molecule is CCOC(=O)c1cccnc1NCc1cccc(N)c1. The number of hydrogen-bond acceptors (Lipinski definition) is 5. The van der Waals surface area contributed by atoms with Gasteiger partial charge in [0, 0.05) is 18.4 Å². The summed E-state index contributed by atoms with van der Waals surface area (Å²) < 4.78 is 5.00. The molecule has 0 radical (unpaired) electrons. The Hall–Kier alpha value is -2.56. The van der Waals surface area contributed by atoms with Gasteiger partial charge in [-0.15, -0.1) is 0 Å². The van der Waals surface area contributed by atoms with Gasteiger partial charge >= 0.3 is 5.97 Å². The number of esters is 1. The lowest BCUT2D eigenvalue weighted by atomic mass is 10.2. The normalized spacial score (nSPS) is 10.1. The fourth-order valence-electron chi connectivity index (χ4n) is 1.81. The largest absolute Gasteiger partial charge is 0.462 e. The van der Waals surface area contributed by atoms with Crippen molar-refractivity contribution in [2.75, 3.05) is 17.7 Å². The van der Waals surface area contributed by atoms with E-state index in [2.05, 4.69) is 10.3 Å². The molecule has 0 bridgehead atoms. The fourth-order valence-corrected chi connectivity index (χ4v) is 1.81. The van der Waals surface area contributed by atoms with E-state index < -0.39 is 0 Å². The van der Waals surface area contributed by atoms with E-state index in [-0.39, 0.29) is 5.97 Å². The number of ether oxygens (including phenoxy) is 1. The van der Waals surface area contributed by atoms with Gasteiger partial charge in [0.2, 0.25) is 0 Å². The predicted octanol–water partition coefficient (Wildman–Crippen LogP) is 2.45. The van der Waals surface area contributed by atoms with Crippen molar-refractivity contribution in [3.63, 3.8) is 0 Å². The quantitative estimate of drug-likeness (QED) is 0.645. The summed E-state index contributed by atoms with van der Waals surface area (Å²) in [7, 11) is 0. The summed E-state index contributed by atoms with van der Waals surface area (Å²) in [5.74, 6) is 0.129. The molecule has 0 saturated carbocycles. The van der Waals surface area contributed by atoms with Crippen molar-refractivity contribution in [3.05, 3.63) is 53.7 Å². The van der Waals surface area contributed by atoms with E-state index in [1.807, 2.05) is 24.3 Å². The molecule has 2 aromatic rings. The molecule has 0 aliphatic rings. The van der Waals surface area contributed by atoms with Crippen molar-refractivity contribution >= 4 is 17.5 Å². The maximum Gasteiger partial charge on any atom is 0.341 e. The summed E-state index contributed by atoms with van der Waals surface area (Å²) in [4.78, 5) is 16.0. The first kappa shape index (κ1) is 13.9. The van der Waals surface area contributed by atoms with Gasteiger partial charge in [-0.3, -0.25) is 0 Å². The van der Waals surface area contributed by atoms with E-state index in [0.717, 1.165) is 5.56 Å². The Morgan fingerprint density at radius 3 is 2.95 bits per heavy atom. The first-order valence-electron chi connectivity index (χ1n) is 6.41. The highest BCUT2D eigenvalue weighted by atomic mass is 16.5. The van der Waals surface area contributed by atoms with Gasteiger partial charge in [-0.05, 0) is 36.8 Å². The summed E-state index contributed by atoms with van der Waals surface area (Å²) in [6, 6.07) is 10.9. The third kappa shape index (κ3) is 3.47. The highest BCUT2D eigenvalue weighted by Crippen LogP contribution is 2.15. The fraction of sp³-hybridized carbons (Fsp3) is 0.200. The van der Waals surface area contributed by atoms with Crippen molar-refractivity contribution in [1.29, 1.82) is 0 Å². The van der Waals surface area contributed by atoms with E-state index in [1.165, 1.54) is 0 Å². The molecule has 0 amide bonds. The molecule has 2 rings (SSSR count). The lowest BCUT2D eigenvalue weighted by Gasteiger charge is -2.10. The van der Waals surface area contributed by atoms with Crippen LogP contribution in [0, 0.1) is 0 Å². The molecule has 3 N–H and O–H groups in total. The van der Waals surface area contributed by atoms with E-state index in [9.17, 15) is 4.79 Å². The Morgan fingerprint density at radius 1 is 1.35 bits per heavy atom. The Balaban J connectivity index is 2.11. The van der Waals surface area contributed by atoms with Gasteiger partial charge in [0.1, 0.15) is 11.4 Å². The van der Waals surface area contributed by atoms with Crippen molar-refractivity contribution in [3.8, 4) is 0 Å². The Kier molecular flexibility index (Phi) is 4.55. The van der Waals surface area contributed by atoms with Gasteiger partial charge < -0.3 is 15.8 Å². The van der Waals surface area contributed by atoms with Crippen molar-refractivity contribution in [2.24, 2.45) is 0 Å². The third-order valence-corrected chi connectivity index (χ3v) is 2.71. The number of nitrogens with zero attached hydrogens (tertiary/aromatic N) is 1. The van der Waals surface area contributed by atoms with E-state index >= 15 is 0 Å². The molecule has 0 saturated heterocycles. The molecule has 0 atom stereocenters. The predicted molar refractivity (Wildman–Crippen MR) is 78.4 cm³/mol. The molecular weight excluding hydrogens is 254 g/mol. The molecule has 5 heteroatoms. The van der Waals surface area contributed by atoms with Crippen molar-refractivity contribution in [1.82, 2.24) is 4.98 Å². The van der Waals surface area contributed by atoms with Crippen LogP contribution in [0.4, 0.5) is 11.5 Å². The lowest BCUT2D eigenvalue weighted by Crippen LogP contribution is -2.11. The van der Waals surface area contributed by atoms with Gasteiger partial charge in [0.15, 0.2) is 0 Å². The minimum absolute atomic E-state index is 0.336. The average Bonchev–Trinajstić information content (AvgIpc) is 2.46. The van der Waals surface area contributed by atoms with Crippen molar-refractivity contribution < 1.29 is 9.53 Å². The van der Waals surface area contributed by atoms with Crippen LogP contribution in [0.25, 0.3) is 0 Å². The number of benzene rings is 1. The van der Waals surface area contributed by atoms with Crippen LogP contribution < -0.4 is 11.1 Å². The second kappa shape index (κ2) is 6.56. The molecule has 20 heavy (non-hydrogen) atoms. The van der Waals surface area contributed by atoms with Crippen LogP contribution in [0.5, 0.6) is 0 Å². The summed E-state index contributed by atoms with van der Waals surface area (Å²) in [5, 5.41) is 3.13. The minimum atomic E-state index is -0.379. The van der Waals surface area contributed by atoms with Gasteiger partial charge in [0.25, 0.3) is 0 Å². The topological polar surface area (TPSA) is 77.2 Å². The molecule has 0 fully saturated rings. The summed E-state index contributed by atoms with van der Waals surface area (Å²) >= 11 is 0. The molecule has 5 nitrogen and oxygen atoms in total. The number of rotatable bonds is 5. The zero-order chi connectivity index (χ0) is 14.4. The van der Waals surface area contributed by atoms with E-state index in [0.29, 0.717) is 30.2 Å². The lowest BCUT2D eigenvalue weighted by molar-refractivity contribution is 0.0527. The Labute approximate surface area is 117 Å². The van der Waals surface area contributed by atoms with Crippen LogP contribution in [-0.4, -0.2) is 17.6 Å². The Morgan fingerprint density at radius 2 is 2.20 bits per heavy atom. The number of carbonyl (C=O) groups is 1. The molecule has 104 valence electrons. The zero-order valence-corrected chi connectivity index (χ0v) is 11.3. The average molecular weight is 271 g/mol. The molecular formula is C15H17N3O2. The van der Waals surface area contributed by atoms with Gasteiger partial charge in [-0.25, -0.2) is 9.78 Å². The standard InChI is InChI=1S/C15H17N3O2/c1-2-20-15(19)13-7-4-8-17-14(13)18-10-11-5-3-6-12(16)9-11/h3-9H,2,10,16H2,1H3,(H,17,18). The van der Waals surface area contributed by atoms with Crippen molar-refractivity contribution in [2.45, 2.75) is 13.5 Å². The van der Waals surface area contributed by atoms with Gasteiger partial charge in [-0.1, -0.05) is 12.1 Å². The minimum Gasteiger partial charge on any atom is -0.462 e. The number of nitrogen functional groups attached to an aromatic ring is 1. The third-order valence-electron chi connectivity index (χ3n) is 2.71. The molecule has 1 aromatic carbocycles. The van der Waals surface area contributed by atoms with E-state index in [1.54, 1.807) is 25.3 Å². The monoisotopic (exact) mass is 271 g/mol. The number of hydrogen-bond donors (Lipinski definition) is 2. The number of pyridine rings is 1. The first-order chi connectivity index (χ1) is 9.70. The van der Waals surface area contributed by atoms with Crippen LogP contribution in [0.1, 0.15) is 22.8 Å². The van der Waals surface area contributed by atoms with Crippen LogP contribution in [0.15, 0.2) is 42.6 Å². The van der Waals surface area contributed by atoms with Gasteiger partial charge in [0.05, 0.1) is 6.61 Å². The van der Waals surface area contributed by atoms with Crippen LogP contribution in [0.2, 0.25) is 0 Å². The second-order valence-electron chi connectivity index (χ2n) is 4.22. The molecule has 1 heterocycles. The number of anilines is 2. The highest BCUT2D eigenvalue weighted by Gasteiger charge is 2.12. The number of aromatic nitrogens is 1. The number of nitrogens with one attached hydrogen (secondary N) is 1. The summed E-state index contributed by atoms with van der Waals surface area (Å²) in [6.45, 7) is 2.64. The molecule has 1 aromatic heterocycles. The maximum absolute atomic E-state index is 11.8. The van der Waals surface area contributed by atoms with Crippen LogP contribution in [-0.2, 0) is 11.3 Å². The number of nitrogens with two attached hydrogens (primary N) is 1. The first-order valence-corrected chi connectivity index (χ1v) is 6.41. The smallest absolute Gasteiger partial charge is 0.341 e. The summed E-state index contributed by atoms with van der Waals surface area (Å²) in [6.07, 6.45) is 1.63. The summed E-state index contributed by atoms with van der Waals surface area (Å²) in [5.41, 5.74) is 7.88. The van der Waals surface area contributed by atoms with E-state index in [4.69, 9.17) is 10.5 Å². The highest BCUT2D eigenvalue weighted by molar-refractivity contribution is 5.94. The molecule has 0 aliphatic heterocycles. The maximum atomic E-state index is 11.8. The molecule has 0 spiro atoms. The molecule has 0 unspecified atom stereocenters. The Bertz CT molecular complexity index is 599. The van der Waals surface area contributed by atoms with Crippen LogP contribution >= 0.6 is 0 Å². The number of carbonyl (C=O) groups excluding carboxylic acids is 1.